The normalized spacial score (nSPS) is 11.6. The lowest BCUT2D eigenvalue weighted by Crippen LogP contribution is -2.40. The predicted octanol–water partition coefficient (Wildman–Crippen LogP) is 0.452. The van der Waals surface area contributed by atoms with Gasteiger partial charge in [0, 0.05) is 13.1 Å². The standard InChI is InChI=1S/C11H18N4O2/c1-7(2)15-11(13-3)14-6-8-4-5-9(17-8)10(12)16/h4-5,7H,6H2,1-3H3,(H2,12,16)(H2,13,14,15). The molecule has 17 heavy (non-hydrogen) atoms. The van der Waals surface area contributed by atoms with Gasteiger partial charge in [-0.3, -0.25) is 9.79 Å². The van der Waals surface area contributed by atoms with Crippen molar-refractivity contribution in [3.63, 3.8) is 0 Å². The van der Waals surface area contributed by atoms with Gasteiger partial charge in [0.1, 0.15) is 5.76 Å². The largest absolute Gasteiger partial charge is 0.454 e. The van der Waals surface area contributed by atoms with Gasteiger partial charge in [0.2, 0.25) is 0 Å². The van der Waals surface area contributed by atoms with Crippen LogP contribution in [0.3, 0.4) is 0 Å². The van der Waals surface area contributed by atoms with Crippen LogP contribution in [0.2, 0.25) is 0 Å². The zero-order valence-electron chi connectivity index (χ0n) is 10.3. The fraction of sp³-hybridized carbons (Fsp3) is 0.455. The highest BCUT2D eigenvalue weighted by Gasteiger charge is 2.07. The maximum Gasteiger partial charge on any atom is 0.284 e. The summed E-state index contributed by atoms with van der Waals surface area (Å²) in [5.41, 5.74) is 5.09. The number of guanidine groups is 1. The molecule has 0 bridgehead atoms. The summed E-state index contributed by atoms with van der Waals surface area (Å²) in [6, 6.07) is 3.55. The first-order valence-electron chi connectivity index (χ1n) is 5.38. The number of amides is 1. The Morgan fingerprint density at radius 3 is 2.71 bits per heavy atom. The third kappa shape index (κ3) is 4.18. The van der Waals surface area contributed by atoms with Crippen molar-refractivity contribution < 1.29 is 9.21 Å². The lowest BCUT2D eigenvalue weighted by Gasteiger charge is -2.13. The minimum Gasteiger partial charge on any atom is -0.454 e. The molecule has 0 unspecified atom stereocenters. The molecule has 4 N–H and O–H groups in total. The van der Waals surface area contributed by atoms with Crippen molar-refractivity contribution in [2.75, 3.05) is 7.05 Å². The Kier molecular flexibility index (Phi) is 4.56. The van der Waals surface area contributed by atoms with E-state index in [1.165, 1.54) is 0 Å². The number of furan rings is 1. The molecular formula is C11H18N4O2. The second kappa shape index (κ2) is 5.93. The quantitative estimate of drug-likeness (QED) is 0.524. The summed E-state index contributed by atoms with van der Waals surface area (Å²) in [5.74, 6) is 0.900. The molecule has 0 fully saturated rings. The lowest BCUT2D eigenvalue weighted by atomic mass is 10.4. The predicted molar refractivity (Wildman–Crippen MR) is 65.7 cm³/mol. The van der Waals surface area contributed by atoms with Gasteiger partial charge in [-0.05, 0) is 26.0 Å². The number of nitrogens with two attached hydrogens (primary N) is 1. The highest BCUT2D eigenvalue weighted by molar-refractivity contribution is 5.89. The van der Waals surface area contributed by atoms with Gasteiger partial charge in [-0.1, -0.05) is 0 Å². The summed E-state index contributed by atoms with van der Waals surface area (Å²) in [5, 5.41) is 6.20. The first-order chi connectivity index (χ1) is 8.02. The molecule has 0 aliphatic rings. The Morgan fingerprint density at radius 1 is 1.53 bits per heavy atom. The summed E-state index contributed by atoms with van der Waals surface area (Å²) in [6.45, 7) is 4.48. The van der Waals surface area contributed by atoms with Gasteiger partial charge in [-0.25, -0.2) is 0 Å². The van der Waals surface area contributed by atoms with E-state index in [0.29, 0.717) is 24.3 Å². The van der Waals surface area contributed by atoms with Crippen LogP contribution in [0.15, 0.2) is 21.5 Å². The topological polar surface area (TPSA) is 92.6 Å². The molecule has 0 aliphatic heterocycles. The van der Waals surface area contributed by atoms with Crippen LogP contribution in [0, 0.1) is 0 Å². The summed E-state index contributed by atoms with van der Waals surface area (Å²) in [7, 11) is 1.69. The van der Waals surface area contributed by atoms with Crippen molar-refractivity contribution in [1.29, 1.82) is 0 Å². The van der Waals surface area contributed by atoms with Crippen LogP contribution in [-0.2, 0) is 6.54 Å². The molecular weight excluding hydrogens is 220 g/mol. The summed E-state index contributed by atoms with van der Waals surface area (Å²) in [4.78, 5) is 14.9. The van der Waals surface area contributed by atoms with Gasteiger partial charge in [0.15, 0.2) is 11.7 Å². The molecule has 6 nitrogen and oxygen atoms in total. The molecule has 1 aromatic heterocycles. The minimum atomic E-state index is -0.569. The Hall–Kier alpha value is -1.98. The summed E-state index contributed by atoms with van der Waals surface area (Å²) < 4.78 is 5.23. The van der Waals surface area contributed by atoms with Crippen molar-refractivity contribution in [3.05, 3.63) is 23.7 Å². The molecule has 0 saturated heterocycles. The van der Waals surface area contributed by atoms with Crippen LogP contribution in [0.4, 0.5) is 0 Å². The average Bonchev–Trinajstić information content (AvgIpc) is 2.72. The lowest BCUT2D eigenvalue weighted by molar-refractivity contribution is 0.0972. The van der Waals surface area contributed by atoms with Crippen LogP contribution < -0.4 is 16.4 Å². The highest BCUT2D eigenvalue weighted by Crippen LogP contribution is 2.06. The van der Waals surface area contributed by atoms with E-state index in [1.54, 1.807) is 19.2 Å². The average molecular weight is 238 g/mol. The number of primary amides is 1. The maximum atomic E-state index is 10.8. The SMILES string of the molecule is CN=C(NCc1ccc(C(N)=O)o1)NC(C)C. The van der Waals surface area contributed by atoms with Crippen LogP contribution in [0.1, 0.15) is 30.2 Å². The van der Waals surface area contributed by atoms with Gasteiger partial charge in [0.25, 0.3) is 5.91 Å². The molecule has 0 aromatic carbocycles. The van der Waals surface area contributed by atoms with Gasteiger partial charge in [-0.2, -0.15) is 0 Å². The Bertz CT molecular complexity index is 409. The van der Waals surface area contributed by atoms with E-state index < -0.39 is 5.91 Å². The molecule has 0 atom stereocenters. The fourth-order valence-corrected chi connectivity index (χ4v) is 1.24. The summed E-state index contributed by atoms with van der Waals surface area (Å²) in [6.07, 6.45) is 0. The monoisotopic (exact) mass is 238 g/mol. The molecule has 1 amide bonds. The summed E-state index contributed by atoms with van der Waals surface area (Å²) >= 11 is 0. The Balaban J connectivity index is 2.51. The Labute approximate surface area is 100 Å². The molecule has 1 rings (SSSR count). The number of hydrogen-bond donors (Lipinski definition) is 3. The van der Waals surface area contributed by atoms with Crippen LogP contribution in [0.25, 0.3) is 0 Å². The molecule has 0 aliphatic carbocycles. The molecule has 1 heterocycles. The zero-order chi connectivity index (χ0) is 12.8. The van der Waals surface area contributed by atoms with E-state index in [0.717, 1.165) is 0 Å². The zero-order valence-corrected chi connectivity index (χ0v) is 10.3. The van der Waals surface area contributed by atoms with Crippen molar-refractivity contribution in [1.82, 2.24) is 10.6 Å². The smallest absolute Gasteiger partial charge is 0.284 e. The fourth-order valence-electron chi connectivity index (χ4n) is 1.24. The number of carbonyl (C=O) groups is 1. The van der Waals surface area contributed by atoms with Crippen LogP contribution >= 0.6 is 0 Å². The van der Waals surface area contributed by atoms with E-state index >= 15 is 0 Å². The van der Waals surface area contributed by atoms with Gasteiger partial charge in [-0.15, -0.1) is 0 Å². The van der Waals surface area contributed by atoms with E-state index in [-0.39, 0.29) is 5.76 Å². The number of nitrogens with one attached hydrogen (secondary N) is 2. The highest BCUT2D eigenvalue weighted by atomic mass is 16.3. The van der Waals surface area contributed by atoms with E-state index in [9.17, 15) is 4.79 Å². The first-order valence-corrected chi connectivity index (χ1v) is 5.38. The van der Waals surface area contributed by atoms with Crippen LogP contribution in [-0.4, -0.2) is 25.0 Å². The Morgan fingerprint density at radius 2 is 2.24 bits per heavy atom. The number of rotatable bonds is 4. The van der Waals surface area contributed by atoms with Crippen molar-refractivity contribution in [2.24, 2.45) is 10.7 Å². The molecule has 0 radical (unpaired) electrons. The van der Waals surface area contributed by atoms with Gasteiger partial charge in [0.05, 0.1) is 6.54 Å². The van der Waals surface area contributed by atoms with Gasteiger partial charge < -0.3 is 20.8 Å². The molecule has 1 aromatic rings. The number of carbonyl (C=O) groups excluding carboxylic acids is 1. The maximum absolute atomic E-state index is 10.8. The third-order valence-corrected chi connectivity index (χ3v) is 1.98. The minimum absolute atomic E-state index is 0.161. The molecule has 94 valence electrons. The van der Waals surface area contributed by atoms with Crippen molar-refractivity contribution in [3.8, 4) is 0 Å². The second-order valence-electron chi connectivity index (χ2n) is 3.86. The third-order valence-electron chi connectivity index (χ3n) is 1.98. The van der Waals surface area contributed by atoms with Crippen molar-refractivity contribution >= 4 is 11.9 Å². The second-order valence-corrected chi connectivity index (χ2v) is 3.86. The number of nitrogens with zero attached hydrogens (tertiary/aromatic N) is 1. The van der Waals surface area contributed by atoms with E-state index in [2.05, 4.69) is 15.6 Å². The molecule has 6 heteroatoms. The van der Waals surface area contributed by atoms with E-state index in [1.807, 2.05) is 13.8 Å². The number of hydrogen-bond acceptors (Lipinski definition) is 3. The van der Waals surface area contributed by atoms with E-state index in [4.69, 9.17) is 10.2 Å². The van der Waals surface area contributed by atoms with Gasteiger partial charge >= 0.3 is 0 Å². The molecule has 0 spiro atoms. The molecule has 0 saturated carbocycles. The van der Waals surface area contributed by atoms with Crippen molar-refractivity contribution in [2.45, 2.75) is 26.4 Å². The van der Waals surface area contributed by atoms with Crippen LogP contribution in [0.5, 0.6) is 0 Å². The first kappa shape index (κ1) is 13.1. The number of aliphatic imine (C=N–C) groups is 1.